The Balaban J connectivity index is 1.46. The number of hydrogen-bond donors (Lipinski definition) is 0. The van der Waals surface area contributed by atoms with Crippen molar-refractivity contribution in [3.05, 3.63) is 48.4 Å². The van der Waals surface area contributed by atoms with Crippen LogP contribution in [0.2, 0.25) is 0 Å². The third-order valence-corrected chi connectivity index (χ3v) is 8.01. The summed E-state index contributed by atoms with van der Waals surface area (Å²) in [5, 5.41) is 5.78. The van der Waals surface area contributed by atoms with Gasteiger partial charge in [0.1, 0.15) is 5.82 Å². The monoisotopic (exact) mass is 492 g/mol. The van der Waals surface area contributed by atoms with E-state index in [0.717, 1.165) is 73.2 Å². The van der Waals surface area contributed by atoms with Crippen molar-refractivity contribution in [1.82, 2.24) is 9.78 Å². The zero-order valence-electron chi connectivity index (χ0n) is 21.1. The van der Waals surface area contributed by atoms with E-state index in [1.54, 1.807) is 0 Å². The van der Waals surface area contributed by atoms with Gasteiger partial charge >= 0.3 is 5.97 Å². The molecule has 2 fully saturated rings. The standard InChI is InChI=1S/C28H33FN4O3/c1-28(2)17-31(22-12-18(13-22)27(34)35-3)24-15-23-19(16-30-33(23)26-6-4-5-11-36-26)14-25(24)32(28)21-9-7-20(29)8-10-21/h7-10,14-16,18,22,26H,4-6,11-13,17H2,1-3H3. The topological polar surface area (TPSA) is 59.8 Å². The van der Waals surface area contributed by atoms with Crippen LogP contribution in [0.1, 0.15) is 52.2 Å². The Morgan fingerprint density at radius 2 is 1.92 bits per heavy atom. The zero-order chi connectivity index (χ0) is 25.0. The van der Waals surface area contributed by atoms with Crippen molar-refractivity contribution in [3.8, 4) is 0 Å². The van der Waals surface area contributed by atoms with Crippen LogP contribution in [0.15, 0.2) is 42.6 Å². The lowest BCUT2D eigenvalue weighted by Crippen LogP contribution is -2.59. The van der Waals surface area contributed by atoms with E-state index in [2.05, 4.69) is 35.8 Å². The number of halogens is 1. The van der Waals surface area contributed by atoms with Crippen LogP contribution in [0.25, 0.3) is 10.9 Å². The third kappa shape index (κ3) is 3.82. The van der Waals surface area contributed by atoms with E-state index in [-0.39, 0.29) is 35.5 Å². The fourth-order valence-electron chi connectivity index (χ4n) is 6.13. The quantitative estimate of drug-likeness (QED) is 0.444. The molecule has 8 heteroatoms. The number of esters is 1. The van der Waals surface area contributed by atoms with Crippen LogP contribution in [0.3, 0.4) is 0 Å². The van der Waals surface area contributed by atoms with Gasteiger partial charge in [-0.05, 0) is 82.3 Å². The molecule has 36 heavy (non-hydrogen) atoms. The van der Waals surface area contributed by atoms with Crippen LogP contribution < -0.4 is 9.80 Å². The van der Waals surface area contributed by atoms with Crippen molar-refractivity contribution in [2.24, 2.45) is 5.92 Å². The van der Waals surface area contributed by atoms with E-state index in [0.29, 0.717) is 0 Å². The number of ether oxygens (including phenoxy) is 2. The molecule has 1 aromatic heterocycles. The molecule has 1 saturated heterocycles. The van der Waals surface area contributed by atoms with Crippen LogP contribution >= 0.6 is 0 Å². The van der Waals surface area contributed by atoms with Gasteiger partial charge in [-0.15, -0.1) is 0 Å². The van der Waals surface area contributed by atoms with E-state index in [1.807, 2.05) is 23.0 Å². The van der Waals surface area contributed by atoms with Gasteiger partial charge < -0.3 is 19.3 Å². The van der Waals surface area contributed by atoms with E-state index in [1.165, 1.54) is 19.2 Å². The highest BCUT2D eigenvalue weighted by molar-refractivity contribution is 5.94. The van der Waals surface area contributed by atoms with E-state index >= 15 is 0 Å². The highest BCUT2D eigenvalue weighted by Crippen LogP contribution is 2.49. The summed E-state index contributed by atoms with van der Waals surface area (Å²) >= 11 is 0. The number of anilines is 3. The Bertz CT molecular complexity index is 1280. The number of aromatic nitrogens is 2. The van der Waals surface area contributed by atoms with Crippen molar-refractivity contribution in [1.29, 1.82) is 0 Å². The molecule has 0 spiro atoms. The van der Waals surface area contributed by atoms with Gasteiger partial charge in [0.15, 0.2) is 6.23 Å². The van der Waals surface area contributed by atoms with Crippen LogP contribution in [0.5, 0.6) is 0 Å². The first-order valence-corrected chi connectivity index (χ1v) is 12.9. The molecule has 1 aliphatic carbocycles. The fraction of sp³-hybridized carbons (Fsp3) is 0.500. The molecule has 3 aliphatic rings. The predicted octanol–water partition coefficient (Wildman–Crippen LogP) is 5.56. The normalized spacial score (nSPS) is 25.4. The molecule has 0 bridgehead atoms. The lowest BCUT2D eigenvalue weighted by molar-refractivity contribution is -0.148. The average Bonchev–Trinajstić information content (AvgIpc) is 3.26. The Hall–Kier alpha value is -3.13. The number of hydrogen-bond acceptors (Lipinski definition) is 6. The van der Waals surface area contributed by atoms with Gasteiger partial charge in [0, 0.05) is 30.3 Å². The number of benzene rings is 2. The Morgan fingerprint density at radius 1 is 1.14 bits per heavy atom. The summed E-state index contributed by atoms with van der Waals surface area (Å²) < 4.78 is 26.9. The first-order chi connectivity index (χ1) is 17.4. The molecule has 1 saturated carbocycles. The van der Waals surface area contributed by atoms with Gasteiger partial charge in [0.2, 0.25) is 0 Å². The highest BCUT2D eigenvalue weighted by atomic mass is 19.1. The Labute approximate surface area is 210 Å². The number of nitrogens with zero attached hydrogens (tertiary/aromatic N) is 4. The number of carbonyl (C=O) groups excluding carboxylic acids is 1. The molecule has 0 N–H and O–H groups in total. The smallest absolute Gasteiger partial charge is 0.308 e. The van der Waals surface area contributed by atoms with Crippen molar-refractivity contribution >= 4 is 33.9 Å². The summed E-state index contributed by atoms with van der Waals surface area (Å²) in [6.07, 6.45) is 6.59. The van der Waals surface area contributed by atoms with Gasteiger partial charge in [0.05, 0.1) is 41.7 Å². The molecule has 6 rings (SSSR count). The molecule has 3 heterocycles. The second-order valence-electron chi connectivity index (χ2n) is 10.9. The summed E-state index contributed by atoms with van der Waals surface area (Å²) in [5.41, 5.74) is 3.91. The fourth-order valence-corrected chi connectivity index (χ4v) is 6.13. The minimum Gasteiger partial charge on any atom is -0.469 e. The zero-order valence-corrected chi connectivity index (χ0v) is 21.1. The molecule has 1 atom stereocenters. The number of fused-ring (bicyclic) bond motifs is 2. The van der Waals surface area contributed by atoms with Crippen molar-refractivity contribution < 1.29 is 18.7 Å². The number of rotatable bonds is 4. The first-order valence-electron chi connectivity index (χ1n) is 12.9. The van der Waals surface area contributed by atoms with E-state index in [4.69, 9.17) is 14.6 Å². The van der Waals surface area contributed by atoms with Crippen LogP contribution in [0.4, 0.5) is 21.5 Å². The van der Waals surface area contributed by atoms with Crippen LogP contribution in [-0.2, 0) is 14.3 Å². The summed E-state index contributed by atoms with van der Waals surface area (Å²) in [6, 6.07) is 11.4. The summed E-state index contributed by atoms with van der Waals surface area (Å²) in [6.45, 7) is 5.96. The van der Waals surface area contributed by atoms with E-state index < -0.39 is 0 Å². The number of carbonyl (C=O) groups is 1. The average molecular weight is 493 g/mol. The molecule has 190 valence electrons. The molecule has 3 aromatic rings. The summed E-state index contributed by atoms with van der Waals surface area (Å²) in [4.78, 5) is 16.9. The molecule has 0 amide bonds. The highest BCUT2D eigenvalue weighted by Gasteiger charge is 2.45. The molecule has 1 unspecified atom stereocenters. The predicted molar refractivity (Wildman–Crippen MR) is 137 cm³/mol. The van der Waals surface area contributed by atoms with Crippen LogP contribution in [0, 0.1) is 11.7 Å². The minimum atomic E-state index is -0.267. The maximum Gasteiger partial charge on any atom is 0.308 e. The Kier molecular flexibility index (Phi) is 5.67. The van der Waals surface area contributed by atoms with Gasteiger partial charge in [-0.2, -0.15) is 5.10 Å². The lowest BCUT2D eigenvalue weighted by atomic mass is 9.77. The molecule has 0 radical (unpaired) electrons. The maximum atomic E-state index is 13.8. The lowest BCUT2D eigenvalue weighted by Gasteiger charge is -2.54. The first kappa shape index (κ1) is 23.3. The molecule has 2 aromatic carbocycles. The summed E-state index contributed by atoms with van der Waals surface area (Å²) in [7, 11) is 1.46. The van der Waals surface area contributed by atoms with Crippen molar-refractivity contribution in [2.45, 2.75) is 63.8 Å². The van der Waals surface area contributed by atoms with Crippen LogP contribution in [-0.4, -0.2) is 47.6 Å². The van der Waals surface area contributed by atoms with Gasteiger partial charge in [-0.3, -0.25) is 4.79 Å². The minimum absolute atomic E-state index is 0.0495. The third-order valence-electron chi connectivity index (χ3n) is 8.01. The van der Waals surface area contributed by atoms with Crippen molar-refractivity contribution in [3.63, 3.8) is 0 Å². The van der Waals surface area contributed by atoms with Gasteiger partial charge in [0.25, 0.3) is 0 Å². The number of methoxy groups -OCH3 is 1. The Morgan fingerprint density at radius 3 is 2.61 bits per heavy atom. The second-order valence-corrected chi connectivity index (χ2v) is 10.9. The molecular formula is C28H33FN4O3. The van der Waals surface area contributed by atoms with E-state index in [9.17, 15) is 9.18 Å². The largest absolute Gasteiger partial charge is 0.469 e. The van der Waals surface area contributed by atoms with Gasteiger partial charge in [-0.1, -0.05) is 0 Å². The molecular weight excluding hydrogens is 459 g/mol. The van der Waals surface area contributed by atoms with Crippen molar-refractivity contribution in [2.75, 3.05) is 30.1 Å². The van der Waals surface area contributed by atoms with Gasteiger partial charge in [-0.25, -0.2) is 9.07 Å². The summed E-state index contributed by atoms with van der Waals surface area (Å²) in [5.74, 6) is -0.423. The second kappa shape index (κ2) is 8.76. The maximum absolute atomic E-state index is 13.8. The SMILES string of the molecule is COC(=O)C1CC(N2CC(C)(C)N(c3ccc(F)cc3)c3cc4cnn(C5CCCCO5)c4cc32)C1. The molecule has 7 nitrogen and oxygen atoms in total. The molecule has 2 aliphatic heterocycles.